The average Bonchev–Trinajstić information content (AvgIpc) is 2.43. The third kappa shape index (κ3) is 3.40. The summed E-state index contributed by atoms with van der Waals surface area (Å²) < 4.78 is 5.03. The van der Waals surface area contributed by atoms with Crippen LogP contribution in [0.15, 0.2) is 42.5 Å². The zero-order chi connectivity index (χ0) is 13.8. The van der Waals surface area contributed by atoms with Crippen LogP contribution >= 0.6 is 23.2 Å². The van der Waals surface area contributed by atoms with E-state index in [4.69, 9.17) is 27.9 Å². The molecule has 1 amide bonds. The van der Waals surface area contributed by atoms with E-state index in [1.54, 1.807) is 49.6 Å². The first kappa shape index (κ1) is 13.7. The molecule has 0 heterocycles. The van der Waals surface area contributed by atoms with Crippen molar-refractivity contribution in [2.24, 2.45) is 0 Å². The highest BCUT2D eigenvalue weighted by molar-refractivity contribution is 6.35. The lowest BCUT2D eigenvalue weighted by Crippen LogP contribution is -2.12. The Morgan fingerprint density at radius 3 is 2.42 bits per heavy atom. The predicted molar refractivity (Wildman–Crippen MR) is 77.4 cm³/mol. The minimum atomic E-state index is -0.258. The number of halogens is 2. The van der Waals surface area contributed by atoms with Crippen molar-refractivity contribution in [2.45, 2.75) is 0 Å². The first-order valence-corrected chi connectivity index (χ1v) is 6.26. The van der Waals surface area contributed by atoms with Gasteiger partial charge in [0.05, 0.1) is 17.8 Å². The van der Waals surface area contributed by atoms with E-state index in [9.17, 15) is 4.79 Å². The fourth-order valence-electron chi connectivity index (χ4n) is 1.53. The highest BCUT2D eigenvalue weighted by Crippen LogP contribution is 2.26. The Labute approximate surface area is 121 Å². The number of rotatable bonds is 3. The molecule has 0 atom stereocenters. The molecule has 0 aliphatic rings. The summed E-state index contributed by atoms with van der Waals surface area (Å²) >= 11 is 11.8. The topological polar surface area (TPSA) is 38.3 Å². The maximum atomic E-state index is 12.0. The molecule has 2 aromatic rings. The number of methoxy groups -OCH3 is 1. The molecule has 0 unspecified atom stereocenters. The van der Waals surface area contributed by atoms with Gasteiger partial charge in [0.15, 0.2) is 0 Å². The molecule has 0 aliphatic carbocycles. The molecule has 0 saturated carbocycles. The van der Waals surface area contributed by atoms with Gasteiger partial charge in [-0.2, -0.15) is 0 Å². The molecule has 98 valence electrons. The minimum absolute atomic E-state index is 0.258. The molecule has 0 fully saturated rings. The lowest BCUT2D eigenvalue weighted by atomic mass is 10.2. The van der Waals surface area contributed by atoms with Crippen LogP contribution in [0.5, 0.6) is 5.75 Å². The van der Waals surface area contributed by atoms with Crippen LogP contribution in [0.3, 0.4) is 0 Å². The van der Waals surface area contributed by atoms with Crippen LogP contribution in [0.1, 0.15) is 10.4 Å². The molecule has 2 aromatic carbocycles. The van der Waals surface area contributed by atoms with Gasteiger partial charge in [-0.25, -0.2) is 0 Å². The zero-order valence-corrected chi connectivity index (χ0v) is 11.6. The van der Waals surface area contributed by atoms with Gasteiger partial charge in [-0.3, -0.25) is 4.79 Å². The Hall–Kier alpha value is -1.71. The average molecular weight is 296 g/mol. The second kappa shape index (κ2) is 5.95. The first-order chi connectivity index (χ1) is 9.10. The number of anilines is 1. The van der Waals surface area contributed by atoms with Gasteiger partial charge in [-0.05, 0) is 42.5 Å². The lowest BCUT2D eigenvalue weighted by Gasteiger charge is -2.08. The van der Waals surface area contributed by atoms with E-state index in [2.05, 4.69) is 5.32 Å². The summed E-state index contributed by atoms with van der Waals surface area (Å²) in [4.78, 5) is 12.0. The molecule has 0 aliphatic heterocycles. The van der Waals surface area contributed by atoms with Crippen molar-refractivity contribution in [1.82, 2.24) is 0 Å². The predicted octanol–water partition coefficient (Wildman–Crippen LogP) is 4.25. The molecular formula is C14H11Cl2NO2. The number of benzene rings is 2. The van der Waals surface area contributed by atoms with Crippen molar-refractivity contribution in [3.8, 4) is 5.75 Å². The van der Waals surface area contributed by atoms with E-state index >= 15 is 0 Å². The zero-order valence-electron chi connectivity index (χ0n) is 10.1. The normalized spacial score (nSPS) is 10.1. The molecule has 19 heavy (non-hydrogen) atoms. The van der Waals surface area contributed by atoms with Crippen molar-refractivity contribution in [2.75, 3.05) is 12.4 Å². The fourth-order valence-corrected chi connectivity index (χ4v) is 1.87. The van der Waals surface area contributed by atoms with Crippen molar-refractivity contribution in [3.05, 3.63) is 58.1 Å². The van der Waals surface area contributed by atoms with Gasteiger partial charge in [0.1, 0.15) is 5.75 Å². The summed E-state index contributed by atoms with van der Waals surface area (Å²) in [6.45, 7) is 0. The van der Waals surface area contributed by atoms with Crippen molar-refractivity contribution < 1.29 is 9.53 Å². The van der Waals surface area contributed by atoms with Gasteiger partial charge in [-0.15, -0.1) is 0 Å². The van der Waals surface area contributed by atoms with Crippen LogP contribution in [0.25, 0.3) is 0 Å². The Balaban J connectivity index is 2.18. The number of carbonyl (C=O) groups excluding carboxylic acids is 1. The maximum Gasteiger partial charge on any atom is 0.255 e. The van der Waals surface area contributed by atoms with E-state index < -0.39 is 0 Å². The van der Waals surface area contributed by atoms with Gasteiger partial charge in [0.2, 0.25) is 0 Å². The summed E-state index contributed by atoms with van der Waals surface area (Å²) in [5, 5.41) is 3.65. The number of nitrogens with one attached hydrogen (secondary N) is 1. The van der Waals surface area contributed by atoms with Crippen LogP contribution in [-0.2, 0) is 0 Å². The maximum absolute atomic E-state index is 12.0. The molecule has 5 heteroatoms. The Morgan fingerprint density at radius 2 is 1.79 bits per heavy atom. The van der Waals surface area contributed by atoms with E-state index in [1.165, 1.54) is 0 Å². The van der Waals surface area contributed by atoms with Crippen molar-refractivity contribution >= 4 is 34.8 Å². The molecule has 0 spiro atoms. The van der Waals surface area contributed by atoms with Crippen molar-refractivity contribution in [3.63, 3.8) is 0 Å². The Morgan fingerprint density at radius 1 is 1.11 bits per heavy atom. The van der Waals surface area contributed by atoms with E-state index in [0.29, 0.717) is 27.0 Å². The monoisotopic (exact) mass is 295 g/mol. The number of ether oxygens (including phenoxy) is 1. The van der Waals surface area contributed by atoms with Gasteiger partial charge in [0.25, 0.3) is 5.91 Å². The van der Waals surface area contributed by atoms with Crippen LogP contribution < -0.4 is 10.1 Å². The van der Waals surface area contributed by atoms with E-state index in [-0.39, 0.29) is 5.91 Å². The molecule has 0 aromatic heterocycles. The van der Waals surface area contributed by atoms with Crippen LogP contribution in [0.4, 0.5) is 5.69 Å². The number of hydrogen-bond acceptors (Lipinski definition) is 2. The largest absolute Gasteiger partial charge is 0.497 e. The molecule has 1 N–H and O–H groups in total. The van der Waals surface area contributed by atoms with Gasteiger partial charge < -0.3 is 10.1 Å². The highest BCUT2D eigenvalue weighted by atomic mass is 35.5. The fraction of sp³-hybridized carbons (Fsp3) is 0.0714. The third-order valence-corrected chi connectivity index (χ3v) is 3.09. The van der Waals surface area contributed by atoms with Crippen LogP contribution in [0, 0.1) is 0 Å². The summed E-state index contributed by atoms with van der Waals surface area (Å²) in [5.74, 6) is 0.434. The van der Waals surface area contributed by atoms with Crippen LogP contribution in [-0.4, -0.2) is 13.0 Å². The second-order valence-corrected chi connectivity index (χ2v) is 4.65. The minimum Gasteiger partial charge on any atom is -0.497 e. The number of hydrogen-bond donors (Lipinski definition) is 1. The molecular weight excluding hydrogens is 285 g/mol. The summed E-state index contributed by atoms with van der Waals surface area (Å²) in [7, 11) is 1.57. The van der Waals surface area contributed by atoms with E-state index in [1.807, 2.05) is 0 Å². The summed E-state index contributed by atoms with van der Waals surface area (Å²) in [5.41, 5.74) is 0.992. The quantitative estimate of drug-likeness (QED) is 0.919. The second-order valence-electron chi connectivity index (χ2n) is 3.81. The molecule has 0 radical (unpaired) electrons. The highest BCUT2D eigenvalue weighted by Gasteiger charge is 2.09. The number of amides is 1. The van der Waals surface area contributed by atoms with Crippen LogP contribution in [0.2, 0.25) is 10.0 Å². The molecule has 2 rings (SSSR count). The molecule has 0 saturated heterocycles. The number of carbonyl (C=O) groups is 1. The smallest absolute Gasteiger partial charge is 0.255 e. The Bertz CT molecular complexity index is 597. The SMILES string of the molecule is COc1ccc(C(=O)Nc2cc(Cl)ccc2Cl)cc1. The summed E-state index contributed by atoms with van der Waals surface area (Å²) in [6, 6.07) is 11.7. The standard InChI is InChI=1S/C14H11Cl2NO2/c1-19-11-5-2-9(3-6-11)14(18)17-13-8-10(15)4-7-12(13)16/h2-8H,1H3,(H,17,18). The lowest BCUT2D eigenvalue weighted by molar-refractivity contribution is 0.102. The summed E-state index contributed by atoms with van der Waals surface area (Å²) in [6.07, 6.45) is 0. The molecule has 0 bridgehead atoms. The molecule has 3 nitrogen and oxygen atoms in total. The van der Waals surface area contributed by atoms with Gasteiger partial charge in [-0.1, -0.05) is 23.2 Å². The van der Waals surface area contributed by atoms with Gasteiger partial charge >= 0.3 is 0 Å². The van der Waals surface area contributed by atoms with E-state index in [0.717, 1.165) is 0 Å². The first-order valence-electron chi connectivity index (χ1n) is 5.50. The van der Waals surface area contributed by atoms with Gasteiger partial charge in [0, 0.05) is 10.6 Å². The third-order valence-electron chi connectivity index (χ3n) is 2.53. The Kier molecular flexibility index (Phi) is 4.30. The van der Waals surface area contributed by atoms with Crippen molar-refractivity contribution in [1.29, 1.82) is 0 Å².